The second kappa shape index (κ2) is 7.59. The molecule has 0 unspecified atom stereocenters. The van der Waals surface area contributed by atoms with Gasteiger partial charge in [-0.1, -0.05) is 26.7 Å². The van der Waals surface area contributed by atoms with Crippen molar-refractivity contribution in [1.29, 1.82) is 0 Å². The highest BCUT2D eigenvalue weighted by Gasteiger charge is 2.46. The third-order valence-electron chi connectivity index (χ3n) is 5.27. The number of amides is 1. The first kappa shape index (κ1) is 16.8. The summed E-state index contributed by atoms with van der Waals surface area (Å²) in [5.74, 6) is 1.51. The molecule has 4 nitrogen and oxygen atoms in total. The van der Waals surface area contributed by atoms with Crippen LogP contribution in [0.5, 0.6) is 0 Å². The number of hydrogen-bond donors (Lipinski definition) is 1. The quantitative estimate of drug-likeness (QED) is 0.745. The molecule has 2 aliphatic rings. The maximum absolute atomic E-state index is 12.4. The first-order chi connectivity index (χ1) is 10.1. The van der Waals surface area contributed by atoms with Crippen molar-refractivity contribution in [2.75, 3.05) is 33.3 Å². The fourth-order valence-corrected chi connectivity index (χ4v) is 3.70. The molecule has 1 saturated heterocycles. The fraction of sp³-hybridized carbons (Fsp3) is 0.941. The average Bonchev–Trinajstić information content (AvgIpc) is 3.27. The maximum Gasteiger partial charge on any atom is 0.226 e. The Labute approximate surface area is 129 Å². The summed E-state index contributed by atoms with van der Waals surface area (Å²) in [6.45, 7) is 7.50. The summed E-state index contributed by atoms with van der Waals surface area (Å²) >= 11 is 0. The zero-order valence-corrected chi connectivity index (χ0v) is 13.9. The Hall–Kier alpha value is -0.610. The van der Waals surface area contributed by atoms with E-state index in [1.54, 1.807) is 0 Å². The SMILES string of the molecule is CCCCN(C)C[C@@H]1[C@H](CC)CN(C(=O)C2CC2)[C@@H]1CO. The lowest BCUT2D eigenvalue weighted by molar-refractivity contribution is -0.134. The van der Waals surface area contributed by atoms with Gasteiger partial charge in [-0.2, -0.15) is 0 Å². The number of unbranched alkanes of at least 4 members (excludes halogenated alkanes) is 1. The molecule has 21 heavy (non-hydrogen) atoms. The molecule has 1 amide bonds. The van der Waals surface area contributed by atoms with Gasteiger partial charge in [-0.15, -0.1) is 0 Å². The standard InChI is InChI=1S/C17H32N2O2/c1-4-6-9-18(3)11-15-13(5-2)10-19(16(15)12-20)17(21)14-7-8-14/h13-16,20H,4-12H2,1-3H3/t13-,15-,16-/m1/s1. The molecule has 0 bridgehead atoms. The smallest absolute Gasteiger partial charge is 0.226 e. The molecule has 0 aromatic rings. The van der Waals surface area contributed by atoms with Crippen LogP contribution >= 0.6 is 0 Å². The number of carbonyl (C=O) groups excluding carboxylic acids is 1. The van der Waals surface area contributed by atoms with E-state index in [-0.39, 0.29) is 18.6 Å². The summed E-state index contributed by atoms with van der Waals surface area (Å²) in [4.78, 5) is 16.8. The molecule has 1 saturated carbocycles. The predicted molar refractivity (Wildman–Crippen MR) is 85.0 cm³/mol. The number of aliphatic hydroxyl groups is 1. The number of rotatable bonds is 8. The molecule has 1 aliphatic carbocycles. The van der Waals surface area contributed by atoms with Gasteiger partial charge < -0.3 is 14.9 Å². The fourth-order valence-electron chi connectivity index (χ4n) is 3.70. The van der Waals surface area contributed by atoms with E-state index in [1.165, 1.54) is 12.8 Å². The zero-order chi connectivity index (χ0) is 15.4. The summed E-state index contributed by atoms with van der Waals surface area (Å²) in [6.07, 6.45) is 5.62. The van der Waals surface area contributed by atoms with Crippen molar-refractivity contribution >= 4 is 5.91 Å². The molecular weight excluding hydrogens is 264 g/mol. The minimum atomic E-state index is 0.0344. The van der Waals surface area contributed by atoms with Crippen LogP contribution in [0.2, 0.25) is 0 Å². The Morgan fingerprint density at radius 2 is 2.05 bits per heavy atom. The van der Waals surface area contributed by atoms with Crippen molar-refractivity contribution in [3.05, 3.63) is 0 Å². The van der Waals surface area contributed by atoms with E-state index in [9.17, 15) is 9.90 Å². The summed E-state index contributed by atoms with van der Waals surface area (Å²) in [6, 6.07) is 0.0344. The van der Waals surface area contributed by atoms with Gasteiger partial charge in [0.1, 0.15) is 0 Å². The summed E-state index contributed by atoms with van der Waals surface area (Å²) < 4.78 is 0. The molecule has 1 aliphatic heterocycles. The van der Waals surface area contributed by atoms with Crippen molar-refractivity contribution in [1.82, 2.24) is 9.80 Å². The normalized spacial score (nSPS) is 29.4. The monoisotopic (exact) mass is 296 g/mol. The lowest BCUT2D eigenvalue weighted by Crippen LogP contribution is -2.43. The minimum absolute atomic E-state index is 0.0344. The number of likely N-dealkylation sites (tertiary alicyclic amines) is 1. The van der Waals surface area contributed by atoms with Crippen molar-refractivity contribution in [3.63, 3.8) is 0 Å². The van der Waals surface area contributed by atoms with E-state index in [0.29, 0.717) is 17.7 Å². The Kier molecular flexibility index (Phi) is 6.06. The van der Waals surface area contributed by atoms with Gasteiger partial charge in [0.15, 0.2) is 0 Å². The van der Waals surface area contributed by atoms with Gasteiger partial charge in [0.25, 0.3) is 0 Å². The zero-order valence-electron chi connectivity index (χ0n) is 13.9. The molecule has 1 heterocycles. The van der Waals surface area contributed by atoms with Crippen molar-refractivity contribution in [2.45, 2.75) is 52.0 Å². The van der Waals surface area contributed by atoms with Crippen LogP contribution in [0.1, 0.15) is 46.0 Å². The largest absolute Gasteiger partial charge is 0.394 e. The molecule has 0 spiro atoms. The van der Waals surface area contributed by atoms with Crippen LogP contribution in [0.25, 0.3) is 0 Å². The first-order valence-electron chi connectivity index (χ1n) is 8.72. The molecule has 122 valence electrons. The number of carbonyl (C=O) groups is 1. The van der Waals surface area contributed by atoms with Crippen molar-refractivity contribution in [2.24, 2.45) is 17.8 Å². The van der Waals surface area contributed by atoms with E-state index < -0.39 is 0 Å². The number of nitrogens with zero attached hydrogens (tertiary/aromatic N) is 2. The van der Waals surface area contributed by atoms with Gasteiger partial charge in [0.2, 0.25) is 5.91 Å². The van der Waals surface area contributed by atoms with E-state index >= 15 is 0 Å². The average molecular weight is 296 g/mol. The van der Waals surface area contributed by atoms with Gasteiger partial charge in [-0.3, -0.25) is 4.79 Å². The summed E-state index contributed by atoms with van der Waals surface area (Å²) in [7, 11) is 2.17. The van der Waals surface area contributed by atoms with Crippen LogP contribution in [0.15, 0.2) is 0 Å². The van der Waals surface area contributed by atoms with E-state index in [4.69, 9.17) is 0 Å². The van der Waals surface area contributed by atoms with Crippen LogP contribution in [0, 0.1) is 17.8 Å². The topological polar surface area (TPSA) is 43.8 Å². The molecule has 0 aromatic heterocycles. The predicted octanol–water partition coefficient (Wildman–Crippen LogP) is 1.97. The first-order valence-corrected chi connectivity index (χ1v) is 8.72. The molecule has 0 radical (unpaired) electrons. The van der Waals surface area contributed by atoms with Crippen LogP contribution in [0.3, 0.4) is 0 Å². The second-order valence-electron chi connectivity index (χ2n) is 6.96. The van der Waals surface area contributed by atoms with E-state index in [1.807, 2.05) is 4.90 Å². The lowest BCUT2D eigenvalue weighted by Gasteiger charge is -2.30. The van der Waals surface area contributed by atoms with Crippen LogP contribution in [-0.4, -0.2) is 60.1 Å². The molecule has 2 rings (SSSR count). The number of hydrogen-bond acceptors (Lipinski definition) is 3. The van der Waals surface area contributed by atoms with Gasteiger partial charge >= 0.3 is 0 Å². The minimum Gasteiger partial charge on any atom is -0.394 e. The molecule has 4 heteroatoms. The van der Waals surface area contributed by atoms with E-state index in [2.05, 4.69) is 25.8 Å². The highest BCUT2D eigenvalue weighted by atomic mass is 16.3. The molecule has 2 fully saturated rings. The highest BCUT2D eigenvalue weighted by Crippen LogP contribution is 2.38. The van der Waals surface area contributed by atoms with E-state index in [0.717, 1.165) is 38.9 Å². The highest BCUT2D eigenvalue weighted by molar-refractivity contribution is 5.81. The van der Waals surface area contributed by atoms with Crippen molar-refractivity contribution < 1.29 is 9.90 Å². The van der Waals surface area contributed by atoms with Crippen LogP contribution < -0.4 is 0 Å². The number of aliphatic hydroxyl groups excluding tert-OH is 1. The Balaban J connectivity index is 2.00. The third-order valence-corrected chi connectivity index (χ3v) is 5.27. The Morgan fingerprint density at radius 3 is 2.57 bits per heavy atom. The van der Waals surface area contributed by atoms with Crippen molar-refractivity contribution in [3.8, 4) is 0 Å². The van der Waals surface area contributed by atoms with Gasteiger partial charge in [0.05, 0.1) is 12.6 Å². The van der Waals surface area contributed by atoms with Gasteiger partial charge in [-0.25, -0.2) is 0 Å². The molecule has 3 atom stereocenters. The third kappa shape index (κ3) is 3.98. The maximum atomic E-state index is 12.4. The summed E-state index contributed by atoms with van der Waals surface area (Å²) in [5.41, 5.74) is 0. The molecular formula is C17H32N2O2. The Bertz CT molecular complexity index is 344. The Morgan fingerprint density at radius 1 is 1.33 bits per heavy atom. The second-order valence-corrected chi connectivity index (χ2v) is 6.96. The molecule has 0 aromatic carbocycles. The van der Waals surface area contributed by atoms with Crippen LogP contribution in [-0.2, 0) is 4.79 Å². The molecule has 1 N–H and O–H groups in total. The summed E-state index contributed by atoms with van der Waals surface area (Å²) in [5, 5.41) is 9.85. The lowest BCUT2D eigenvalue weighted by atomic mass is 9.88. The van der Waals surface area contributed by atoms with Crippen LogP contribution in [0.4, 0.5) is 0 Å². The van der Waals surface area contributed by atoms with Gasteiger partial charge in [0, 0.05) is 19.0 Å². The van der Waals surface area contributed by atoms with Gasteiger partial charge in [-0.05, 0) is 44.7 Å².